The van der Waals surface area contributed by atoms with Crippen molar-refractivity contribution in [2.24, 2.45) is 0 Å². The first-order chi connectivity index (χ1) is 31.5. The van der Waals surface area contributed by atoms with Crippen LogP contribution in [-0.2, 0) is 18.4 Å². The Morgan fingerprint density at radius 3 is 1.14 bits per heavy atom. The minimum absolute atomic E-state index is 0.0652. The molecule has 3 N–H and O–H groups in total. The van der Waals surface area contributed by atoms with Crippen molar-refractivity contribution in [1.82, 2.24) is 5.32 Å². The highest BCUT2D eigenvalue weighted by molar-refractivity contribution is 7.47. The monoisotopic (exact) mass is 942 g/mol. The molecule has 0 rings (SSSR count). The zero-order valence-corrected chi connectivity index (χ0v) is 45.2. The number of aliphatic hydroxyl groups is 1. The molecule has 9 heteroatoms. The van der Waals surface area contributed by atoms with Gasteiger partial charge < -0.3 is 19.8 Å². The van der Waals surface area contributed by atoms with Crippen molar-refractivity contribution >= 4 is 13.7 Å². The molecule has 0 fully saturated rings. The number of hydrogen-bond donors (Lipinski definition) is 3. The molecule has 0 heterocycles. The van der Waals surface area contributed by atoms with Gasteiger partial charge in [-0.2, -0.15) is 0 Å². The quantitative estimate of drug-likeness (QED) is 0.0243. The number of aliphatic hydroxyl groups excluding tert-OH is 1. The summed E-state index contributed by atoms with van der Waals surface area (Å²) in [5, 5.41) is 13.9. The van der Waals surface area contributed by atoms with Crippen molar-refractivity contribution in [2.45, 2.75) is 302 Å². The molecule has 0 aliphatic heterocycles. The number of carbonyl (C=O) groups is 1. The molecule has 388 valence electrons. The number of hydrogen-bond acceptors (Lipinski definition) is 5. The van der Waals surface area contributed by atoms with Crippen molar-refractivity contribution in [1.29, 1.82) is 0 Å². The first kappa shape index (κ1) is 64.2. The minimum atomic E-state index is -4.34. The van der Waals surface area contributed by atoms with Crippen LogP contribution >= 0.6 is 7.82 Å². The molecule has 0 aliphatic rings. The molecule has 0 spiro atoms. The fourth-order valence-electron chi connectivity index (χ4n) is 8.75. The third-order valence-corrected chi connectivity index (χ3v) is 14.2. The standard InChI is InChI=1S/C56H113N2O6P/c1-6-8-10-12-14-16-18-20-22-24-26-28-30-32-34-36-38-40-42-44-46-48-50-56(60)57-54(53-64-65(61,62)63-52-51-58(3,4)5)55(59)49-47-45-43-41-39-37-35-33-31-29-27-25-23-21-19-17-15-13-11-9-7-2/h47,49,54-55,59H,6-46,48,50-53H2,1-5H3,(H-,57,60,61,62)/p+1/b49-47+. The Morgan fingerprint density at radius 2 is 0.815 bits per heavy atom. The molecule has 3 atom stereocenters. The predicted octanol–water partition coefficient (Wildman–Crippen LogP) is 17.0. The van der Waals surface area contributed by atoms with E-state index in [4.69, 9.17) is 9.05 Å². The number of carbonyl (C=O) groups excluding carboxylic acids is 1. The number of allylic oxidation sites excluding steroid dienone is 1. The van der Waals surface area contributed by atoms with Crippen LogP contribution in [0.5, 0.6) is 0 Å². The number of phosphoric ester groups is 1. The van der Waals surface area contributed by atoms with Gasteiger partial charge in [-0.25, -0.2) is 4.57 Å². The number of phosphoric acid groups is 1. The minimum Gasteiger partial charge on any atom is -0.387 e. The first-order valence-electron chi connectivity index (χ1n) is 28.6. The molecular weight excluding hydrogens is 828 g/mol. The van der Waals surface area contributed by atoms with Gasteiger partial charge in [-0.15, -0.1) is 0 Å². The van der Waals surface area contributed by atoms with Crippen LogP contribution < -0.4 is 5.32 Å². The fourth-order valence-corrected chi connectivity index (χ4v) is 9.49. The zero-order chi connectivity index (χ0) is 47.8. The van der Waals surface area contributed by atoms with E-state index in [1.807, 2.05) is 27.2 Å². The van der Waals surface area contributed by atoms with Gasteiger partial charge >= 0.3 is 7.82 Å². The molecule has 0 saturated carbocycles. The molecule has 3 unspecified atom stereocenters. The van der Waals surface area contributed by atoms with E-state index in [0.29, 0.717) is 17.4 Å². The second-order valence-corrected chi connectivity index (χ2v) is 22.5. The van der Waals surface area contributed by atoms with Gasteiger partial charge in [-0.05, 0) is 19.3 Å². The van der Waals surface area contributed by atoms with Gasteiger partial charge in [0.15, 0.2) is 0 Å². The Labute approximate surface area is 405 Å². The summed E-state index contributed by atoms with van der Waals surface area (Å²) < 4.78 is 23.7. The highest BCUT2D eigenvalue weighted by atomic mass is 31.2. The van der Waals surface area contributed by atoms with Crippen LogP contribution in [0.3, 0.4) is 0 Å². The lowest BCUT2D eigenvalue weighted by Gasteiger charge is -2.25. The van der Waals surface area contributed by atoms with Crippen LogP contribution in [0.4, 0.5) is 0 Å². The van der Waals surface area contributed by atoms with Crippen molar-refractivity contribution in [3.63, 3.8) is 0 Å². The Morgan fingerprint density at radius 1 is 0.508 bits per heavy atom. The van der Waals surface area contributed by atoms with Crippen molar-refractivity contribution in [3.05, 3.63) is 12.2 Å². The summed E-state index contributed by atoms with van der Waals surface area (Å²) in [6.07, 6.45) is 58.7. The summed E-state index contributed by atoms with van der Waals surface area (Å²) in [5.41, 5.74) is 0. The lowest BCUT2D eigenvalue weighted by Crippen LogP contribution is -2.45. The highest BCUT2D eigenvalue weighted by Crippen LogP contribution is 2.43. The lowest BCUT2D eigenvalue weighted by atomic mass is 10.0. The van der Waals surface area contributed by atoms with Gasteiger partial charge in [0.2, 0.25) is 5.91 Å². The summed E-state index contributed by atoms with van der Waals surface area (Å²) >= 11 is 0. The Balaban J connectivity index is 4.20. The van der Waals surface area contributed by atoms with Crippen molar-refractivity contribution in [3.8, 4) is 0 Å². The largest absolute Gasteiger partial charge is 0.472 e. The molecule has 0 aromatic carbocycles. The Kier molecular flexibility index (Phi) is 47.7. The first-order valence-corrected chi connectivity index (χ1v) is 30.1. The van der Waals surface area contributed by atoms with Gasteiger partial charge in [0.25, 0.3) is 0 Å². The number of quaternary nitrogens is 1. The molecular formula is C56H114N2O6P+. The normalized spacial score (nSPS) is 14.0. The summed E-state index contributed by atoms with van der Waals surface area (Å²) in [6.45, 7) is 4.87. The number of rotatable bonds is 53. The van der Waals surface area contributed by atoms with Crippen molar-refractivity contribution < 1.29 is 32.9 Å². The van der Waals surface area contributed by atoms with Gasteiger partial charge in [-0.3, -0.25) is 13.8 Å². The maximum Gasteiger partial charge on any atom is 0.472 e. The third kappa shape index (κ3) is 50.9. The van der Waals surface area contributed by atoms with Crippen LogP contribution in [-0.4, -0.2) is 73.4 Å². The van der Waals surface area contributed by atoms with Gasteiger partial charge in [0.05, 0.1) is 39.9 Å². The molecule has 0 aliphatic carbocycles. The SMILES string of the molecule is CCCCCCCCCCCCCCCCCCCCC/C=C/C(O)C(COP(=O)(O)OCC[N+](C)(C)C)NC(=O)CCCCCCCCCCCCCCCCCCCCCCCC. The molecule has 8 nitrogen and oxygen atoms in total. The maximum absolute atomic E-state index is 13.0. The van der Waals surface area contributed by atoms with E-state index < -0.39 is 20.0 Å². The van der Waals surface area contributed by atoms with E-state index in [0.717, 1.165) is 32.1 Å². The smallest absolute Gasteiger partial charge is 0.387 e. The van der Waals surface area contributed by atoms with E-state index in [2.05, 4.69) is 19.2 Å². The number of nitrogens with one attached hydrogen (secondary N) is 1. The van der Waals surface area contributed by atoms with Crippen LogP contribution in [0.1, 0.15) is 290 Å². The number of nitrogens with zero attached hydrogens (tertiary/aromatic N) is 1. The molecule has 0 bridgehead atoms. The molecule has 0 aromatic heterocycles. The summed E-state index contributed by atoms with van der Waals surface area (Å²) in [4.78, 5) is 23.3. The van der Waals surface area contributed by atoms with Crippen LogP contribution in [0, 0.1) is 0 Å². The van der Waals surface area contributed by atoms with Crippen LogP contribution in [0.25, 0.3) is 0 Å². The molecule has 0 saturated heterocycles. The van der Waals surface area contributed by atoms with Gasteiger partial charge in [0.1, 0.15) is 13.2 Å². The zero-order valence-electron chi connectivity index (χ0n) is 44.3. The predicted molar refractivity (Wildman–Crippen MR) is 282 cm³/mol. The van der Waals surface area contributed by atoms with Gasteiger partial charge in [0, 0.05) is 6.42 Å². The van der Waals surface area contributed by atoms with E-state index in [-0.39, 0.29) is 19.1 Å². The van der Waals surface area contributed by atoms with E-state index in [9.17, 15) is 19.4 Å². The highest BCUT2D eigenvalue weighted by Gasteiger charge is 2.27. The van der Waals surface area contributed by atoms with Gasteiger partial charge in [-0.1, -0.05) is 276 Å². The summed E-state index contributed by atoms with van der Waals surface area (Å²) in [7, 11) is 1.59. The van der Waals surface area contributed by atoms with Crippen LogP contribution in [0.15, 0.2) is 12.2 Å². The summed E-state index contributed by atoms with van der Waals surface area (Å²) in [5.74, 6) is -0.170. The molecule has 0 aromatic rings. The van der Waals surface area contributed by atoms with E-state index in [1.165, 1.54) is 238 Å². The number of unbranched alkanes of at least 4 members (excludes halogenated alkanes) is 40. The molecule has 65 heavy (non-hydrogen) atoms. The average Bonchev–Trinajstić information content (AvgIpc) is 3.26. The number of amides is 1. The maximum atomic E-state index is 13.0. The van der Waals surface area contributed by atoms with E-state index >= 15 is 0 Å². The summed E-state index contributed by atoms with van der Waals surface area (Å²) in [6, 6.07) is -0.842. The van der Waals surface area contributed by atoms with Crippen molar-refractivity contribution in [2.75, 3.05) is 40.9 Å². The average molecular weight is 943 g/mol. The lowest BCUT2D eigenvalue weighted by molar-refractivity contribution is -0.870. The molecule has 1 amide bonds. The Hall–Kier alpha value is -0.760. The second kappa shape index (κ2) is 48.3. The fraction of sp³-hybridized carbons (Fsp3) is 0.946. The molecule has 0 radical (unpaired) electrons. The number of likely N-dealkylation sites (N-methyl/N-ethyl adjacent to an activating group) is 1. The van der Waals surface area contributed by atoms with Crippen LogP contribution in [0.2, 0.25) is 0 Å². The Bertz CT molecular complexity index is 1070. The topological polar surface area (TPSA) is 105 Å². The second-order valence-electron chi connectivity index (χ2n) is 21.0. The third-order valence-electron chi connectivity index (χ3n) is 13.3. The van der Waals surface area contributed by atoms with E-state index in [1.54, 1.807) is 6.08 Å².